The first-order valence-corrected chi connectivity index (χ1v) is 16.0. The minimum absolute atomic E-state index is 0.000583. The van der Waals surface area contributed by atoms with E-state index in [2.05, 4.69) is 39.8 Å². The number of benzene rings is 2. The Balaban J connectivity index is 1.49. The maximum atomic E-state index is 17.0. The number of nitrogen functional groups attached to an aromatic ring is 1. The summed E-state index contributed by atoms with van der Waals surface area (Å²) in [5.41, 5.74) is 6.36. The average molecular weight is 640 g/mol. The molecule has 7 rings (SSSR count). The van der Waals surface area contributed by atoms with Crippen molar-refractivity contribution in [3.8, 4) is 29.0 Å². The van der Waals surface area contributed by atoms with E-state index in [4.69, 9.17) is 31.8 Å². The van der Waals surface area contributed by atoms with Crippen molar-refractivity contribution < 1.29 is 18.3 Å². The molecule has 2 unspecified atom stereocenters. The summed E-state index contributed by atoms with van der Waals surface area (Å²) in [7, 11) is 4.21. The summed E-state index contributed by atoms with van der Waals surface area (Å²) >= 11 is 7.93. The maximum Gasteiger partial charge on any atom is 0.319 e. The Labute approximate surface area is 262 Å². The Bertz CT molecular complexity index is 1830. The van der Waals surface area contributed by atoms with Crippen molar-refractivity contribution in [1.82, 2.24) is 19.8 Å². The molecule has 230 valence electrons. The molecule has 0 saturated carbocycles. The number of nitriles is 1. The van der Waals surface area contributed by atoms with Crippen molar-refractivity contribution >= 4 is 54.7 Å². The van der Waals surface area contributed by atoms with Crippen molar-refractivity contribution in [2.24, 2.45) is 0 Å². The van der Waals surface area contributed by atoms with Gasteiger partial charge in [-0.2, -0.15) is 15.2 Å². The van der Waals surface area contributed by atoms with Crippen LogP contribution in [0, 0.1) is 23.0 Å². The zero-order valence-corrected chi connectivity index (χ0v) is 26.1. The fraction of sp³-hybridized carbons (Fsp3) is 0.452. The number of hydrogen-bond donors (Lipinski definition) is 1. The fourth-order valence-corrected chi connectivity index (χ4v) is 8.10. The van der Waals surface area contributed by atoms with E-state index in [0.29, 0.717) is 24.3 Å². The van der Waals surface area contributed by atoms with Crippen LogP contribution in [0.25, 0.3) is 32.1 Å². The molecule has 0 radical (unpaired) electrons. The number of likely N-dealkylation sites (N-methyl/N-ethyl adjacent to an activating group) is 2. The van der Waals surface area contributed by atoms with E-state index in [1.165, 1.54) is 12.1 Å². The minimum atomic E-state index is -0.729. The van der Waals surface area contributed by atoms with Crippen LogP contribution in [0.15, 0.2) is 12.1 Å². The van der Waals surface area contributed by atoms with Crippen molar-refractivity contribution in [3.63, 3.8) is 0 Å². The zero-order valence-electron chi connectivity index (χ0n) is 24.5. The van der Waals surface area contributed by atoms with Crippen molar-refractivity contribution in [2.75, 3.05) is 64.1 Å². The van der Waals surface area contributed by atoms with Crippen LogP contribution in [0.1, 0.15) is 31.2 Å². The maximum absolute atomic E-state index is 17.0. The molecule has 4 aromatic rings. The summed E-state index contributed by atoms with van der Waals surface area (Å²) in [5.74, 6) is -0.542. The van der Waals surface area contributed by atoms with Gasteiger partial charge < -0.3 is 25.0 Å². The third-order valence-corrected chi connectivity index (χ3v) is 10.5. The summed E-state index contributed by atoms with van der Waals surface area (Å²) in [4.78, 5) is 16.2. The lowest BCUT2D eigenvalue weighted by Crippen LogP contribution is -2.42. The Kier molecular flexibility index (Phi) is 7.61. The van der Waals surface area contributed by atoms with E-state index in [1.807, 2.05) is 0 Å². The van der Waals surface area contributed by atoms with Gasteiger partial charge in [0.15, 0.2) is 11.6 Å². The van der Waals surface area contributed by atoms with E-state index in [9.17, 15) is 9.65 Å². The van der Waals surface area contributed by atoms with E-state index in [0.717, 1.165) is 56.7 Å². The molecule has 44 heavy (non-hydrogen) atoms. The van der Waals surface area contributed by atoms with Gasteiger partial charge in [-0.25, -0.2) is 8.78 Å². The number of ether oxygens (including phenoxy) is 2. The minimum Gasteiger partial charge on any atom is -0.489 e. The van der Waals surface area contributed by atoms with Gasteiger partial charge in [-0.15, -0.1) is 11.3 Å². The van der Waals surface area contributed by atoms with Crippen LogP contribution in [0.5, 0.6) is 11.8 Å². The SMILES string of the molecule is CN1CCCC(C2CCCN2C)Oc2nc3c4c(c(Cl)c(-c5ccc(F)c6sc(N)c(C#N)c56)c(F)c4n2)OCCN3CC1. The van der Waals surface area contributed by atoms with Crippen LogP contribution >= 0.6 is 22.9 Å². The Morgan fingerprint density at radius 1 is 1.07 bits per heavy atom. The summed E-state index contributed by atoms with van der Waals surface area (Å²) in [5, 5.41) is 10.6. The predicted octanol–water partition coefficient (Wildman–Crippen LogP) is 5.66. The summed E-state index contributed by atoms with van der Waals surface area (Å²) < 4.78 is 44.9. The Morgan fingerprint density at radius 3 is 2.66 bits per heavy atom. The first-order valence-electron chi connectivity index (χ1n) is 14.8. The number of nitrogens with zero attached hydrogens (tertiary/aromatic N) is 6. The highest BCUT2D eigenvalue weighted by atomic mass is 35.5. The molecule has 2 atom stereocenters. The largest absolute Gasteiger partial charge is 0.489 e. The van der Waals surface area contributed by atoms with E-state index in [1.54, 1.807) is 0 Å². The van der Waals surface area contributed by atoms with Crippen LogP contribution in [-0.4, -0.2) is 85.3 Å². The number of likely N-dealkylation sites (tertiary alicyclic amines) is 1. The smallest absolute Gasteiger partial charge is 0.319 e. The number of thiophene rings is 1. The second kappa shape index (κ2) is 11.5. The molecule has 0 amide bonds. The third kappa shape index (κ3) is 4.77. The quantitative estimate of drug-likeness (QED) is 0.297. The predicted molar refractivity (Wildman–Crippen MR) is 169 cm³/mol. The highest BCUT2D eigenvalue weighted by molar-refractivity contribution is 7.23. The number of anilines is 2. The third-order valence-electron chi connectivity index (χ3n) is 9.09. The second-order valence-electron chi connectivity index (χ2n) is 11.8. The molecule has 0 aliphatic carbocycles. The Morgan fingerprint density at radius 2 is 1.89 bits per heavy atom. The number of halogens is 3. The van der Waals surface area contributed by atoms with Gasteiger partial charge in [0, 0.05) is 30.1 Å². The molecule has 2 aromatic heterocycles. The molecule has 9 nitrogen and oxygen atoms in total. The van der Waals surface area contributed by atoms with Crippen molar-refractivity contribution in [2.45, 2.75) is 37.8 Å². The van der Waals surface area contributed by atoms with Crippen LogP contribution < -0.4 is 20.1 Å². The zero-order chi connectivity index (χ0) is 30.7. The number of aromatic nitrogens is 2. The lowest BCUT2D eigenvalue weighted by Gasteiger charge is -2.31. The average Bonchev–Trinajstić information content (AvgIpc) is 3.52. The first-order chi connectivity index (χ1) is 21.3. The molecular formula is C31H32ClF2N7O2S. The lowest BCUT2D eigenvalue weighted by atomic mass is 9.96. The summed E-state index contributed by atoms with van der Waals surface area (Å²) in [6.07, 6.45) is 3.67. The monoisotopic (exact) mass is 639 g/mol. The molecular weight excluding hydrogens is 608 g/mol. The first kappa shape index (κ1) is 29.2. The second-order valence-corrected chi connectivity index (χ2v) is 13.2. The molecule has 3 aliphatic rings. The normalized spacial score (nSPS) is 21.5. The molecule has 2 aromatic carbocycles. The standard InChI is InChI=1S/C31H32ClF2N7O2S/c1-39-9-4-6-20(19-5-3-10-40(19)2)43-31-37-26-23-27(42-14-13-41(12-11-39)30(23)38-31)24(32)22(25(26)34)16-7-8-18(33)28-21(16)17(15-35)29(36)44-28/h7-8,19-20H,3-6,9-14,36H2,1-2H3. The van der Waals surface area contributed by atoms with E-state index >= 15 is 4.39 Å². The van der Waals surface area contributed by atoms with Crippen molar-refractivity contribution in [3.05, 3.63) is 34.4 Å². The fourth-order valence-electron chi connectivity index (χ4n) is 6.82. The Hall–Kier alpha value is -3.50. The van der Waals surface area contributed by atoms with Crippen LogP contribution in [0.3, 0.4) is 0 Å². The molecule has 5 heterocycles. The van der Waals surface area contributed by atoms with Crippen molar-refractivity contribution in [1.29, 1.82) is 5.26 Å². The van der Waals surface area contributed by atoms with Gasteiger partial charge in [0.2, 0.25) is 0 Å². The van der Waals surface area contributed by atoms with Gasteiger partial charge in [-0.3, -0.25) is 4.90 Å². The van der Waals surface area contributed by atoms with Gasteiger partial charge in [0.1, 0.15) is 40.9 Å². The lowest BCUT2D eigenvalue weighted by molar-refractivity contribution is 0.0863. The van der Waals surface area contributed by atoms with Crippen LogP contribution in [-0.2, 0) is 0 Å². The molecule has 1 fully saturated rings. The highest BCUT2D eigenvalue weighted by Crippen LogP contribution is 2.50. The van der Waals surface area contributed by atoms with Gasteiger partial charge in [0.05, 0.1) is 27.2 Å². The summed E-state index contributed by atoms with van der Waals surface area (Å²) in [6.45, 7) is 4.11. The highest BCUT2D eigenvalue weighted by Gasteiger charge is 2.35. The summed E-state index contributed by atoms with van der Waals surface area (Å²) in [6, 6.07) is 5.00. The molecule has 2 N–H and O–H groups in total. The van der Waals surface area contributed by atoms with E-state index < -0.39 is 11.6 Å². The van der Waals surface area contributed by atoms with Gasteiger partial charge in [0.25, 0.3) is 0 Å². The van der Waals surface area contributed by atoms with E-state index in [-0.39, 0.29) is 72.8 Å². The molecule has 0 spiro atoms. The number of nitrogens with two attached hydrogens (primary N) is 1. The number of hydrogen-bond acceptors (Lipinski definition) is 10. The molecule has 3 aliphatic heterocycles. The molecule has 1 saturated heterocycles. The molecule has 13 heteroatoms. The van der Waals surface area contributed by atoms with Gasteiger partial charge in [-0.1, -0.05) is 17.7 Å². The number of rotatable bonds is 2. The van der Waals surface area contributed by atoms with Crippen LogP contribution in [0.4, 0.5) is 19.6 Å². The molecule has 2 bridgehead atoms. The van der Waals surface area contributed by atoms with Gasteiger partial charge >= 0.3 is 6.01 Å². The van der Waals surface area contributed by atoms with Gasteiger partial charge in [-0.05, 0) is 64.5 Å². The van der Waals surface area contributed by atoms with Crippen LogP contribution in [0.2, 0.25) is 5.02 Å². The topological polar surface area (TPSA) is 104 Å². The number of fused-ring (bicyclic) bond motifs is 2.